The Bertz CT molecular complexity index is 511. The number of carbonyl (C=O) groups excluding carboxylic acids is 1. The molecule has 2 aliphatic rings. The van der Waals surface area contributed by atoms with Crippen LogP contribution >= 0.6 is 11.3 Å². The normalized spacial score (nSPS) is 25.1. The molecule has 3 nitrogen and oxygen atoms in total. The SMILES string of the molecule is CC1CCc2sc(C(=O)N3CCCC3CCCO)cc2C1. The topological polar surface area (TPSA) is 40.5 Å². The van der Waals surface area contributed by atoms with Crippen molar-refractivity contribution >= 4 is 17.2 Å². The van der Waals surface area contributed by atoms with Gasteiger partial charge in [-0.2, -0.15) is 0 Å². The summed E-state index contributed by atoms with van der Waals surface area (Å²) in [7, 11) is 0. The quantitative estimate of drug-likeness (QED) is 0.927. The van der Waals surface area contributed by atoms with Gasteiger partial charge in [0.25, 0.3) is 5.91 Å². The number of hydrogen-bond acceptors (Lipinski definition) is 3. The summed E-state index contributed by atoms with van der Waals surface area (Å²) in [6, 6.07) is 2.49. The number of rotatable bonds is 4. The first-order chi connectivity index (χ1) is 10.2. The molecule has 1 aliphatic heterocycles. The van der Waals surface area contributed by atoms with E-state index >= 15 is 0 Å². The fraction of sp³-hybridized carbons (Fsp3) is 0.706. The van der Waals surface area contributed by atoms with E-state index < -0.39 is 0 Å². The van der Waals surface area contributed by atoms with E-state index in [1.165, 1.54) is 16.9 Å². The van der Waals surface area contributed by atoms with Gasteiger partial charge in [-0.05, 0) is 62.5 Å². The molecule has 1 saturated heterocycles. The minimum Gasteiger partial charge on any atom is -0.396 e. The van der Waals surface area contributed by atoms with Crippen LogP contribution in [0, 0.1) is 5.92 Å². The number of amides is 1. The number of fused-ring (bicyclic) bond motifs is 1. The van der Waals surface area contributed by atoms with Crippen LogP contribution in [0.5, 0.6) is 0 Å². The van der Waals surface area contributed by atoms with Gasteiger partial charge in [0.05, 0.1) is 4.88 Å². The van der Waals surface area contributed by atoms with Gasteiger partial charge in [-0.25, -0.2) is 0 Å². The van der Waals surface area contributed by atoms with Crippen molar-refractivity contribution in [2.45, 2.75) is 57.9 Å². The molecule has 1 aliphatic carbocycles. The van der Waals surface area contributed by atoms with E-state index in [1.54, 1.807) is 11.3 Å². The maximum absolute atomic E-state index is 12.8. The van der Waals surface area contributed by atoms with Gasteiger partial charge in [-0.3, -0.25) is 4.79 Å². The molecule has 4 heteroatoms. The molecule has 0 aromatic carbocycles. The molecule has 1 fully saturated rings. The second-order valence-electron chi connectivity index (χ2n) is 6.57. The molecule has 1 aromatic heterocycles. The number of thiophene rings is 1. The number of aryl methyl sites for hydroxylation is 1. The molecule has 1 N–H and O–H groups in total. The Labute approximate surface area is 131 Å². The summed E-state index contributed by atoms with van der Waals surface area (Å²) in [5, 5.41) is 9.00. The van der Waals surface area contributed by atoms with E-state index in [4.69, 9.17) is 5.11 Å². The van der Waals surface area contributed by atoms with Gasteiger partial charge in [0.15, 0.2) is 0 Å². The lowest BCUT2D eigenvalue weighted by atomic mass is 9.90. The van der Waals surface area contributed by atoms with Crippen LogP contribution in [0.1, 0.15) is 59.1 Å². The standard InChI is InChI=1S/C17H25NO2S/c1-12-6-7-15-13(10-12)11-16(21-15)17(20)18-8-2-4-14(18)5-3-9-19/h11-12,14,19H,2-10H2,1H3. The summed E-state index contributed by atoms with van der Waals surface area (Å²) in [5.74, 6) is 0.974. The van der Waals surface area contributed by atoms with E-state index in [9.17, 15) is 4.79 Å². The van der Waals surface area contributed by atoms with Crippen LogP contribution in [0.2, 0.25) is 0 Å². The molecule has 1 amide bonds. The van der Waals surface area contributed by atoms with Crippen LogP contribution in [0.3, 0.4) is 0 Å². The predicted molar refractivity (Wildman–Crippen MR) is 85.9 cm³/mol. The van der Waals surface area contributed by atoms with Crippen molar-refractivity contribution in [2.24, 2.45) is 5.92 Å². The molecule has 1 aromatic rings. The molecule has 0 saturated carbocycles. The van der Waals surface area contributed by atoms with Gasteiger partial charge in [0.1, 0.15) is 0 Å². The molecule has 2 unspecified atom stereocenters. The lowest BCUT2D eigenvalue weighted by Crippen LogP contribution is -2.35. The number of carbonyl (C=O) groups is 1. The molecule has 0 spiro atoms. The van der Waals surface area contributed by atoms with Gasteiger partial charge in [0.2, 0.25) is 0 Å². The average Bonchev–Trinajstić information content (AvgIpc) is 3.10. The van der Waals surface area contributed by atoms with Crippen molar-refractivity contribution < 1.29 is 9.90 Å². The van der Waals surface area contributed by atoms with E-state index in [-0.39, 0.29) is 12.5 Å². The van der Waals surface area contributed by atoms with Crippen LogP contribution < -0.4 is 0 Å². The predicted octanol–water partition coefficient (Wildman–Crippen LogP) is 3.25. The highest BCUT2D eigenvalue weighted by molar-refractivity contribution is 7.14. The molecule has 2 heterocycles. The number of likely N-dealkylation sites (tertiary alicyclic amines) is 1. The summed E-state index contributed by atoms with van der Waals surface area (Å²) >= 11 is 1.72. The molecule has 0 bridgehead atoms. The Kier molecular flexibility index (Phi) is 4.65. The lowest BCUT2D eigenvalue weighted by molar-refractivity contribution is 0.0729. The number of aliphatic hydroxyl groups is 1. The van der Waals surface area contributed by atoms with E-state index in [0.717, 1.165) is 55.9 Å². The zero-order valence-electron chi connectivity index (χ0n) is 12.8. The summed E-state index contributed by atoms with van der Waals surface area (Å²) in [5.41, 5.74) is 1.41. The number of aliphatic hydroxyl groups excluding tert-OH is 1. The van der Waals surface area contributed by atoms with Gasteiger partial charge in [0, 0.05) is 24.1 Å². The fourth-order valence-electron chi connectivity index (χ4n) is 3.68. The van der Waals surface area contributed by atoms with Crippen molar-refractivity contribution in [3.8, 4) is 0 Å². The van der Waals surface area contributed by atoms with Gasteiger partial charge < -0.3 is 10.0 Å². The largest absolute Gasteiger partial charge is 0.396 e. The summed E-state index contributed by atoms with van der Waals surface area (Å²) in [4.78, 5) is 17.2. The van der Waals surface area contributed by atoms with Crippen molar-refractivity contribution in [1.82, 2.24) is 4.90 Å². The first kappa shape index (κ1) is 15.0. The second-order valence-corrected chi connectivity index (χ2v) is 7.70. The lowest BCUT2D eigenvalue weighted by Gasteiger charge is -2.24. The van der Waals surface area contributed by atoms with E-state index in [1.807, 2.05) is 0 Å². The number of nitrogens with zero attached hydrogens (tertiary/aromatic N) is 1. The molecule has 2 atom stereocenters. The Balaban J connectivity index is 1.73. The smallest absolute Gasteiger partial charge is 0.264 e. The fourth-order valence-corrected chi connectivity index (χ4v) is 4.85. The van der Waals surface area contributed by atoms with Crippen molar-refractivity contribution in [3.63, 3.8) is 0 Å². The van der Waals surface area contributed by atoms with E-state index in [0.29, 0.717) is 6.04 Å². The molecular weight excluding hydrogens is 282 g/mol. The minimum absolute atomic E-state index is 0.225. The molecule has 21 heavy (non-hydrogen) atoms. The van der Waals surface area contributed by atoms with E-state index in [2.05, 4.69) is 17.9 Å². The first-order valence-electron chi connectivity index (χ1n) is 8.22. The molecule has 3 rings (SSSR count). The Morgan fingerprint density at radius 2 is 2.33 bits per heavy atom. The highest BCUT2D eigenvalue weighted by Gasteiger charge is 2.30. The van der Waals surface area contributed by atoms with Crippen molar-refractivity contribution in [1.29, 1.82) is 0 Å². The summed E-state index contributed by atoms with van der Waals surface area (Å²) < 4.78 is 0. The van der Waals surface area contributed by atoms with Gasteiger partial charge >= 0.3 is 0 Å². The van der Waals surface area contributed by atoms with Crippen LogP contribution in [0.15, 0.2) is 6.07 Å². The molecule has 0 radical (unpaired) electrons. The third-order valence-corrected chi connectivity index (χ3v) is 6.10. The third kappa shape index (κ3) is 3.16. The highest BCUT2D eigenvalue weighted by Crippen LogP contribution is 2.34. The summed E-state index contributed by atoms with van der Waals surface area (Å²) in [6.45, 7) is 3.41. The van der Waals surface area contributed by atoms with Crippen LogP contribution in [0.4, 0.5) is 0 Å². The van der Waals surface area contributed by atoms with Crippen molar-refractivity contribution in [3.05, 3.63) is 21.4 Å². The maximum atomic E-state index is 12.8. The van der Waals surface area contributed by atoms with Gasteiger partial charge in [-0.1, -0.05) is 6.92 Å². The average molecular weight is 307 g/mol. The monoisotopic (exact) mass is 307 g/mol. The summed E-state index contributed by atoms with van der Waals surface area (Å²) in [6.07, 6.45) is 7.45. The molecular formula is C17H25NO2S. The Morgan fingerprint density at radius 3 is 3.14 bits per heavy atom. The Morgan fingerprint density at radius 1 is 1.48 bits per heavy atom. The van der Waals surface area contributed by atoms with Crippen LogP contribution in [-0.4, -0.2) is 35.1 Å². The second kappa shape index (κ2) is 6.49. The maximum Gasteiger partial charge on any atom is 0.264 e. The number of hydrogen-bond donors (Lipinski definition) is 1. The first-order valence-corrected chi connectivity index (χ1v) is 9.04. The minimum atomic E-state index is 0.225. The van der Waals surface area contributed by atoms with Crippen molar-refractivity contribution in [2.75, 3.05) is 13.2 Å². The highest BCUT2D eigenvalue weighted by atomic mass is 32.1. The Hall–Kier alpha value is -0.870. The van der Waals surface area contributed by atoms with Crippen LogP contribution in [-0.2, 0) is 12.8 Å². The molecule has 116 valence electrons. The zero-order valence-corrected chi connectivity index (χ0v) is 13.6. The van der Waals surface area contributed by atoms with Gasteiger partial charge in [-0.15, -0.1) is 11.3 Å². The van der Waals surface area contributed by atoms with Crippen LogP contribution in [0.25, 0.3) is 0 Å². The third-order valence-electron chi connectivity index (χ3n) is 4.87. The zero-order chi connectivity index (χ0) is 14.8.